The minimum absolute atomic E-state index is 0.218. The number of nitrogens with one attached hydrogen (secondary N) is 1. The Morgan fingerprint density at radius 2 is 2.00 bits per heavy atom. The molecule has 5 heteroatoms. The molecule has 104 valence electrons. The molecule has 20 heavy (non-hydrogen) atoms. The highest BCUT2D eigenvalue weighted by Crippen LogP contribution is 2.27. The van der Waals surface area contributed by atoms with E-state index in [2.05, 4.69) is 15.3 Å². The Labute approximate surface area is 118 Å². The van der Waals surface area contributed by atoms with Gasteiger partial charge in [-0.2, -0.15) is 0 Å². The van der Waals surface area contributed by atoms with Crippen molar-refractivity contribution in [3.63, 3.8) is 0 Å². The van der Waals surface area contributed by atoms with E-state index in [-0.39, 0.29) is 6.10 Å². The summed E-state index contributed by atoms with van der Waals surface area (Å²) in [6, 6.07) is 7.70. The molecule has 0 bridgehead atoms. The fraction of sp³-hybridized carbons (Fsp3) is 0.333. The van der Waals surface area contributed by atoms with Crippen LogP contribution in [-0.4, -0.2) is 36.3 Å². The van der Waals surface area contributed by atoms with Gasteiger partial charge >= 0.3 is 0 Å². The summed E-state index contributed by atoms with van der Waals surface area (Å²) in [6.07, 6.45) is 4.67. The maximum atomic E-state index is 5.80. The Hall–Kier alpha value is -2.14. The van der Waals surface area contributed by atoms with E-state index in [1.54, 1.807) is 19.5 Å². The second-order valence-electron chi connectivity index (χ2n) is 4.68. The number of para-hydroxylation sites is 1. The van der Waals surface area contributed by atoms with Gasteiger partial charge in [0.05, 0.1) is 25.1 Å². The van der Waals surface area contributed by atoms with Crippen LogP contribution in [0.25, 0.3) is 11.4 Å². The zero-order valence-corrected chi connectivity index (χ0v) is 11.4. The van der Waals surface area contributed by atoms with Crippen LogP contribution in [0, 0.1) is 0 Å². The van der Waals surface area contributed by atoms with Gasteiger partial charge in [-0.3, -0.25) is 0 Å². The standard InChI is InChI=1S/C15H17N3O2/c1-19-14-5-3-2-4-13(14)15-17-9-12(10-18-15)20-11-6-7-16-8-11/h2-5,9-11,16H,6-8H2,1H3. The first-order valence-corrected chi connectivity index (χ1v) is 6.69. The highest BCUT2D eigenvalue weighted by atomic mass is 16.5. The summed E-state index contributed by atoms with van der Waals surface area (Å²) in [6.45, 7) is 1.89. The third kappa shape index (κ3) is 2.72. The largest absolute Gasteiger partial charge is 0.496 e. The lowest BCUT2D eigenvalue weighted by Crippen LogP contribution is -2.19. The molecule has 1 N–H and O–H groups in total. The van der Waals surface area contributed by atoms with Gasteiger partial charge in [-0.15, -0.1) is 0 Å². The summed E-state index contributed by atoms with van der Waals surface area (Å²) in [5.41, 5.74) is 0.879. The van der Waals surface area contributed by atoms with Crippen molar-refractivity contribution in [2.75, 3.05) is 20.2 Å². The summed E-state index contributed by atoms with van der Waals surface area (Å²) in [5.74, 6) is 2.11. The van der Waals surface area contributed by atoms with Crippen LogP contribution in [0.1, 0.15) is 6.42 Å². The number of ether oxygens (including phenoxy) is 2. The van der Waals surface area contributed by atoms with Gasteiger partial charge in [-0.25, -0.2) is 9.97 Å². The lowest BCUT2D eigenvalue weighted by atomic mass is 10.2. The molecule has 0 radical (unpaired) electrons. The van der Waals surface area contributed by atoms with Gasteiger partial charge in [0.25, 0.3) is 0 Å². The van der Waals surface area contributed by atoms with Crippen LogP contribution >= 0.6 is 0 Å². The maximum Gasteiger partial charge on any atom is 0.163 e. The third-order valence-electron chi connectivity index (χ3n) is 3.29. The lowest BCUT2D eigenvalue weighted by molar-refractivity contribution is 0.221. The van der Waals surface area contributed by atoms with Gasteiger partial charge in [0.15, 0.2) is 11.6 Å². The number of hydrogen-bond acceptors (Lipinski definition) is 5. The number of benzene rings is 1. The van der Waals surface area contributed by atoms with E-state index in [4.69, 9.17) is 9.47 Å². The zero-order valence-electron chi connectivity index (χ0n) is 11.4. The first kappa shape index (κ1) is 12.9. The van der Waals surface area contributed by atoms with Crippen molar-refractivity contribution in [2.45, 2.75) is 12.5 Å². The molecule has 0 aliphatic carbocycles. The van der Waals surface area contributed by atoms with Gasteiger partial charge in [0.2, 0.25) is 0 Å². The van der Waals surface area contributed by atoms with Crippen molar-refractivity contribution < 1.29 is 9.47 Å². The van der Waals surface area contributed by atoms with Crippen LogP contribution in [0.2, 0.25) is 0 Å². The summed E-state index contributed by atoms with van der Waals surface area (Å²) in [5, 5.41) is 3.26. The van der Waals surface area contributed by atoms with Gasteiger partial charge in [-0.05, 0) is 25.1 Å². The molecular weight excluding hydrogens is 254 g/mol. The second-order valence-corrected chi connectivity index (χ2v) is 4.68. The SMILES string of the molecule is COc1ccccc1-c1ncc(OC2CCNC2)cn1. The van der Waals surface area contributed by atoms with E-state index < -0.39 is 0 Å². The molecule has 0 saturated carbocycles. The molecule has 1 aromatic heterocycles. The number of rotatable bonds is 4. The van der Waals surface area contributed by atoms with Gasteiger partial charge < -0.3 is 14.8 Å². The summed E-state index contributed by atoms with van der Waals surface area (Å²) >= 11 is 0. The van der Waals surface area contributed by atoms with E-state index in [1.807, 2.05) is 24.3 Å². The van der Waals surface area contributed by atoms with Crippen molar-refractivity contribution >= 4 is 0 Å². The molecule has 1 atom stereocenters. The van der Waals surface area contributed by atoms with E-state index >= 15 is 0 Å². The Morgan fingerprint density at radius 3 is 2.70 bits per heavy atom. The van der Waals surface area contributed by atoms with E-state index in [9.17, 15) is 0 Å². The minimum Gasteiger partial charge on any atom is -0.496 e. The van der Waals surface area contributed by atoms with Crippen molar-refractivity contribution in [3.05, 3.63) is 36.7 Å². The summed E-state index contributed by atoms with van der Waals surface area (Å²) in [7, 11) is 1.64. The van der Waals surface area contributed by atoms with Gasteiger partial charge in [0, 0.05) is 6.54 Å². The molecule has 0 spiro atoms. The number of methoxy groups -OCH3 is 1. The van der Waals surface area contributed by atoms with E-state index in [0.29, 0.717) is 11.6 Å². The number of aromatic nitrogens is 2. The van der Waals surface area contributed by atoms with Gasteiger partial charge in [-0.1, -0.05) is 12.1 Å². The fourth-order valence-corrected chi connectivity index (χ4v) is 2.27. The van der Waals surface area contributed by atoms with Crippen molar-refractivity contribution in [3.8, 4) is 22.9 Å². The average molecular weight is 271 g/mol. The Balaban J connectivity index is 1.78. The topological polar surface area (TPSA) is 56.3 Å². The highest BCUT2D eigenvalue weighted by molar-refractivity contribution is 5.63. The van der Waals surface area contributed by atoms with Crippen LogP contribution in [-0.2, 0) is 0 Å². The number of nitrogens with zero attached hydrogens (tertiary/aromatic N) is 2. The van der Waals surface area contributed by atoms with Crippen molar-refractivity contribution in [1.29, 1.82) is 0 Å². The van der Waals surface area contributed by atoms with Crippen LogP contribution in [0.3, 0.4) is 0 Å². The van der Waals surface area contributed by atoms with Crippen LogP contribution in [0.5, 0.6) is 11.5 Å². The Kier molecular flexibility index (Phi) is 3.78. The minimum atomic E-state index is 0.218. The van der Waals surface area contributed by atoms with Crippen LogP contribution < -0.4 is 14.8 Å². The smallest absolute Gasteiger partial charge is 0.163 e. The third-order valence-corrected chi connectivity index (χ3v) is 3.29. The van der Waals surface area contributed by atoms with Gasteiger partial charge in [0.1, 0.15) is 11.9 Å². The first-order chi connectivity index (χ1) is 9.86. The van der Waals surface area contributed by atoms with E-state index in [0.717, 1.165) is 30.8 Å². The van der Waals surface area contributed by atoms with Crippen LogP contribution in [0.4, 0.5) is 0 Å². The molecule has 3 rings (SSSR count). The Bertz CT molecular complexity index is 566. The molecule has 1 aliphatic rings. The molecule has 1 aliphatic heterocycles. The highest BCUT2D eigenvalue weighted by Gasteiger charge is 2.16. The first-order valence-electron chi connectivity index (χ1n) is 6.69. The Morgan fingerprint density at radius 1 is 1.20 bits per heavy atom. The lowest BCUT2D eigenvalue weighted by Gasteiger charge is -2.12. The second kappa shape index (κ2) is 5.88. The average Bonchev–Trinajstić information content (AvgIpc) is 3.01. The van der Waals surface area contributed by atoms with Crippen molar-refractivity contribution in [1.82, 2.24) is 15.3 Å². The molecule has 5 nitrogen and oxygen atoms in total. The predicted octanol–water partition coefficient (Wildman–Crippen LogP) is 1.89. The van der Waals surface area contributed by atoms with Crippen LogP contribution in [0.15, 0.2) is 36.7 Å². The predicted molar refractivity (Wildman–Crippen MR) is 75.9 cm³/mol. The molecular formula is C15H17N3O2. The fourth-order valence-electron chi connectivity index (χ4n) is 2.27. The molecule has 1 aromatic carbocycles. The molecule has 1 saturated heterocycles. The zero-order chi connectivity index (χ0) is 13.8. The molecule has 1 fully saturated rings. The molecule has 1 unspecified atom stereocenters. The summed E-state index contributed by atoms with van der Waals surface area (Å²) < 4.78 is 11.1. The monoisotopic (exact) mass is 271 g/mol. The normalized spacial score (nSPS) is 17.9. The molecule has 2 aromatic rings. The van der Waals surface area contributed by atoms with E-state index in [1.165, 1.54) is 0 Å². The summed E-state index contributed by atoms with van der Waals surface area (Å²) in [4.78, 5) is 8.73. The quantitative estimate of drug-likeness (QED) is 0.920. The molecule has 0 amide bonds. The van der Waals surface area contributed by atoms with Crippen molar-refractivity contribution in [2.24, 2.45) is 0 Å². The molecule has 2 heterocycles. The number of hydrogen-bond donors (Lipinski definition) is 1. The maximum absolute atomic E-state index is 5.80.